The van der Waals surface area contributed by atoms with Gasteiger partial charge in [-0.2, -0.15) is 0 Å². The number of allylic oxidation sites excluding steroid dienone is 2. The molecule has 1 aliphatic rings. The molecule has 2 aromatic rings. The number of morpholine rings is 1. The number of nitrogens with zero attached hydrogens (tertiary/aromatic N) is 3. The highest BCUT2D eigenvalue weighted by molar-refractivity contribution is 5.66. The quantitative estimate of drug-likeness (QED) is 0.338. The zero-order valence-electron chi connectivity index (χ0n) is 18.8. The van der Waals surface area contributed by atoms with E-state index in [1.54, 1.807) is 25.1 Å². The van der Waals surface area contributed by atoms with Gasteiger partial charge in [0.2, 0.25) is 0 Å². The molecule has 0 aliphatic carbocycles. The summed E-state index contributed by atoms with van der Waals surface area (Å²) in [5, 5.41) is 0. The number of hydrogen-bond donors (Lipinski definition) is 0. The van der Waals surface area contributed by atoms with Crippen LogP contribution < -0.4 is 9.80 Å². The van der Waals surface area contributed by atoms with Crippen LogP contribution in [0.3, 0.4) is 0 Å². The van der Waals surface area contributed by atoms with E-state index in [1.807, 2.05) is 35.0 Å². The molecule has 0 atom stereocenters. The van der Waals surface area contributed by atoms with Crippen LogP contribution in [-0.4, -0.2) is 52.9 Å². The van der Waals surface area contributed by atoms with Crippen LogP contribution in [-0.2, 0) is 16.0 Å². The number of carbonyl (C=O) groups is 1. The molecule has 172 valence electrons. The molecule has 0 bridgehead atoms. The molecule has 0 unspecified atom stereocenters. The van der Waals surface area contributed by atoms with Crippen molar-refractivity contribution in [3.05, 3.63) is 71.4 Å². The molecule has 0 amide bonds. The highest BCUT2D eigenvalue weighted by Gasteiger charge is 2.16. The number of anilines is 2. The molecule has 7 heteroatoms. The van der Waals surface area contributed by atoms with E-state index in [1.165, 1.54) is 12.1 Å². The van der Waals surface area contributed by atoms with Gasteiger partial charge in [0.15, 0.2) is 0 Å². The standard InChI is InChI=1S/C20H24F2N2O.C5H7NO/c1-23(9-3-5-16-4-2-6-17(21)14-16)18-7-8-20(19(22)15-18)24-10-12-25-13-11-24;1-5(6-2)3-4-7/h2,4,6-8,14-15H,3,5,9-13H2,1H3;3-4H,2H2,1H3/b;5-3-. The minimum atomic E-state index is -0.202. The third kappa shape index (κ3) is 8.23. The van der Waals surface area contributed by atoms with Crippen LogP contribution in [0.15, 0.2) is 59.2 Å². The van der Waals surface area contributed by atoms with Crippen molar-refractivity contribution in [3.63, 3.8) is 0 Å². The van der Waals surface area contributed by atoms with Gasteiger partial charge in [0.25, 0.3) is 0 Å². The van der Waals surface area contributed by atoms with E-state index in [0.717, 1.165) is 43.7 Å². The molecule has 0 saturated carbocycles. The van der Waals surface area contributed by atoms with E-state index in [0.29, 0.717) is 30.9 Å². The molecule has 1 aliphatic heterocycles. The lowest BCUT2D eigenvalue weighted by Crippen LogP contribution is -2.36. The molecule has 1 fully saturated rings. The fourth-order valence-electron chi connectivity index (χ4n) is 3.29. The Morgan fingerprint density at radius 1 is 1.22 bits per heavy atom. The maximum Gasteiger partial charge on any atom is 0.148 e. The Hall–Kier alpha value is -3.06. The van der Waals surface area contributed by atoms with Gasteiger partial charge < -0.3 is 14.5 Å². The number of halogens is 2. The zero-order chi connectivity index (χ0) is 23.3. The molecule has 32 heavy (non-hydrogen) atoms. The highest BCUT2D eigenvalue weighted by Crippen LogP contribution is 2.25. The van der Waals surface area contributed by atoms with Gasteiger partial charge in [-0.25, -0.2) is 8.78 Å². The summed E-state index contributed by atoms with van der Waals surface area (Å²) in [5.74, 6) is -0.400. The molecule has 1 heterocycles. The second-order valence-corrected chi connectivity index (χ2v) is 7.49. The molecule has 0 N–H and O–H groups in total. The summed E-state index contributed by atoms with van der Waals surface area (Å²) in [6.45, 7) is 8.42. The summed E-state index contributed by atoms with van der Waals surface area (Å²) >= 11 is 0. The summed E-state index contributed by atoms with van der Waals surface area (Å²) in [4.78, 5) is 17.1. The fraction of sp³-hybridized carbons (Fsp3) is 0.360. The minimum Gasteiger partial charge on any atom is -0.378 e. The average Bonchev–Trinajstić information content (AvgIpc) is 2.80. The Morgan fingerprint density at radius 2 is 1.97 bits per heavy atom. The molecular weight excluding hydrogens is 412 g/mol. The predicted molar refractivity (Wildman–Crippen MR) is 127 cm³/mol. The molecule has 0 aromatic heterocycles. The van der Waals surface area contributed by atoms with E-state index < -0.39 is 0 Å². The number of aldehydes is 1. The number of benzene rings is 2. The van der Waals surface area contributed by atoms with Gasteiger partial charge in [-0.15, -0.1) is 0 Å². The first-order valence-corrected chi connectivity index (χ1v) is 10.6. The van der Waals surface area contributed by atoms with E-state index in [-0.39, 0.29) is 11.6 Å². The Balaban J connectivity index is 0.000000451. The van der Waals surface area contributed by atoms with Crippen molar-refractivity contribution < 1.29 is 18.3 Å². The van der Waals surface area contributed by atoms with Gasteiger partial charge in [-0.05, 0) is 68.5 Å². The molecule has 3 rings (SSSR count). The molecular formula is C25H31F2N3O2. The van der Waals surface area contributed by atoms with Gasteiger partial charge >= 0.3 is 0 Å². The van der Waals surface area contributed by atoms with Gasteiger partial charge in [0.05, 0.1) is 18.9 Å². The first kappa shape index (κ1) is 25.2. The molecule has 0 spiro atoms. The van der Waals surface area contributed by atoms with Gasteiger partial charge in [0, 0.05) is 38.1 Å². The van der Waals surface area contributed by atoms with Crippen LogP contribution >= 0.6 is 0 Å². The number of ether oxygens (including phenoxy) is 1. The Bertz CT molecular complexity index is 912. The molecule has 0 radical (unpaired) electrons. The van der Waals surface area contributed by atoms with E-state index in [9.17, 15) is 13.6 Å². The Labute approximate surface area is 189 Å². The van der Waals surface area contributed by atoms with Crippen LogP contribution in [0.4, 0.5) is 20.2 Å². The third-order valence-corrected chi connectivity index (χ3v) is 5.13. The molecule has 5 nitrogen and oxygen atoms in total. The summed E-state index contributed by atoms with van der Waals surface area (Å²) in [6, 6.07) is 12.1. The lowest BCUT2D eigenvalue weighted by atomic mass is 10.1. The Morgan fingerprint density at radius 3 is 2.56 bits per heavy atom. The number of rotatable bonds is 8. The smallest absolute Gasteiger partial charge is 0.148 e. The highest BCUT2D eigenvalue weighted by atomic mass is 19.1. The zero-order valence-corrected chi connectivity index (χ0v) is 18.8. The predicted octanol–water partition coefficient (Wildman–Crippen LogP) is 4.66. The van der Waals surface area contributed by atoms with Crippen molar-refractivity contribution >= 4 is 24.4 Å². The topological polar surface area (TPSA) is 45.1 Å². The summed E-state index contributed by atoms with van der Waals surface area (Å²) in [6.07, 6.45) is 3.72. The normalized spacial score (nSPS) is 13.8. The van der Waals surface area contributed by atoms with Gasteiger partial charge in [-0.1, -0.05) is 12.1 Å². The summed E-state index contributed by atoms with van der Waals surface area (Å²) in [5.41, 5.74) is 3.13. The van der Waals surface area contributed by atoms with Crippen molar-refractivity contribution in [2.45, 2.75) is 19.8 Å². The van der Waals surface area contributed by atoms with Crippen LogP contribution in [0.2, 0.25) is 0 Å². The SMILES string of the molecule is C=N/C(C)=C\C=O.CN(CCCc1cccc(F)c1)c1ccc(N2CCOCC2)c(F)c1. The molecule has 2 aromatic carbocycles. The average molecular weight is 444 g/mol. The first-order valence-electron chi connectivity index (χ1n) is 10.6. The molecule has 1 saturated heterocycles. The van der Waals surface area contributed by atoms with E-state index in [4.69, 9.17) is 4.74 Å². The maximum absolute atomic E-state index is 14.5. The summed E-state index contributed by atoms with van der Waals surface area (Å²) < 4.78 is 33.0. The fourth-order valence-corrected chi connectivity index (χ4v) is 3.29. The van der Waals surface area contributed by atoms with Crippen molar-refractivity contribution in [3.8, 4) is 0 Å². The second kappa shape index (κ2) is 13.4. The van der Waals surface area contributed by atoms with Crippen molar-refractivity contribution in [1.29, 1.82) is 0 Å². The number of carbonyl (C=O) groups excluding carboxylic acids is 1. The van der Waals surface area contributed by atoms with Crippen molar-refractivity contribution in [2.24, 2.45) is 4.99 Å². The largest absolute Gasteiger partial charge is 0.378 e. The van der Waals surface area contributed by atoms with Crippen LogP contribution in [0.1, 0.15) is 18.9 Å². The first-order chi connectivity index (χ1) is 15.4. The van der Waals surface area contributed by atoms with E-state index >= 15 is 0 Å². The second-order valence-electron chi connectivity index (χ2n) is 7.49. The van der Waals surface area contributed by atoms with Crippen LogP contribution in [0.25, 0.3) is 0 Å². The van der Waals surface area contributed by atoms with Gasteiger partial charge in [0.1, 0.15) is 17.9 Å². The minimum absolute atomic E-state index is 0.198. The number of aryl methyl sites for hydroxylation is 1. The van der Waals surface area contributed by atoms with Crippen molar-refractivity contribution in [2.75, 3.05) is 49.7 Å². The lowest BCUT2D eigenvalue weighted by molar-refractivity contribution is -0.104. The third-order valence-electron chi connectivity index (χ3n) is 5.13. The number of aliphatic imine (C=N–C) groups is 1. The Kier molecular flexibility index (Phi) is 10.5. The van der Waals surface area contributed by atoms with Crippen molar-refractivity contribution in [1.82, 2.24) is 0 Å². The van der Waals surface area contributed by atoms with Crippen LogP contribution in [0.5, 0.6) is 0 Å². The maximum atomic E-state index is 14.5. The summed E-state index contributed by atoms with van der Waals surface area (Å²) in [7, 11) is 1.95. The monoisotopic (exact) mass is 443 g/mol. The lowest BCUT2D eigenvalue weighted by Gasteiger charge is -2.29. The van der Waals surface area contributed by atoms with E-state index in [2.05, 4.69) is 11.7 Å². The number of hydrogen-bond acceptors (Lipinski definition) is 5. The van der Waals surface area contributed by atoms with Gasteiger partial charge in [-0.3, -0.25) is 9.79 Å². The van der Waals surface area contributed by atoms with Crippen LogP contribution in [0, 0.1) is 11.6 Å².